The fourth-order valence-electron chi connectivity index (χ4n) is 5.38. The van der Waals surface area contributed by atoms with Gasteiger partial charge in [-0.1, -0.05) is 48.5 Å². The van der Waals surface area contributed by atoms with E-state index in [1.165, 1.54) is 9.80 Å². The number of benzene rings is 4. The van der Waals surface area contributed by atoms with Crippen molar-refractivity contribution in [2.24, 2.45) is 0 Å². The maximum atomic E-state index is 13.1. The van der Waals surface area contributed by atoms with Crippen molar-refractivity contribution in [3.8, 4) is 0 Å². The van der Waals surface area contributed by atoms with Crippen LogP contribution in [0.15, 0.2) is 72.8 Å². The molecule has 38 heavy (non-hydrogen) atoms. The Balaban J connectivity index is 1.04. The lowest BCUT2D eigenvalue weighted by Crippen LogP contribution is -2.47. The van der Waals surface area contributed by atoms with Gasteiger partial charge < -0.3 is 5.32 Å². The molecule has 4 aromatic rings. The zero-order valence-corrected chi connectivity index (χ0v) is 20.9. The molecule has 4 aromatic carbocycles. The number of carbonyl (C=O) groups is 4. The molecule has 0 saturated carbocycles. The lowest BCUT2D eigenvalue weighted by atomic mass is 9.94. The molecule has 2 heterocycles. The van der Waals surface area contributed by atoms with Crippen LogP contribution in [0.3, 0.4) is 0 Å². The van der Waals surface area contributed by atoms with Crippen LogP contribution < -0.4 is 5.32 Å². The van der Waals surface area contributed by atoms with Gasteiger partial charge in [-0.2, -0.15) is 0 Å². The summed E-state index contributed by atoms with van der Waals surface area (Å²) in [6.45, 7) is 1.84. The average Bonchev–Trinajstić information content (AvgIpc) is 2.94. The van der Waals surface area contributed by atoms with E-state index in [1.54, 1.807) is 24.3 Å². The molecule has 190 valence electrons. The fraction of sp³-hybridized carbons (Fsp3) is 0.200. The first-order valence-corrected chi connectivity index (χ1v) is 12.6. The van der Waals surface area contributed by atoms with Crippen molar-refractivity contribution in [2.75, 3.05) is 39.9 Å². The fourth-order valence-corrected chi connectivity index (χ4v) is 5.38. The van der Waals surface area contributed by atoms with Gasteiger partial charge in [-0.05, 0) is 42.1 Å². The summed E-state index contributed by atoms with van der Waals surface area (Å²) >= 11 is 0. The SMILES string of the molecule is CN(CCN1C(=O)c2cccc3cccc(c23)C1=O)CNCCN1C(=O)c2cccc3cccc(c23)C1=O. The highest BCUT2D eigenvalue weighted by Gasteiger charge is 2.33. The maximum absolute atomic E-state index is 13.1. The third-order valence-electron chi connectivity index (χ3n) is 7.31. The van der Waals surface area contributed by atoms with E-state index in [0.717, 1.165) is 21.5 Å². The van der Waals surface area contributed by atoms with Gasteiger partial charge >= 0.3 is 0 Å². The summed E-state index contributed by atoms with van der Waals surface area (Å²) in [6.07, 6.45) is 0. The van der Waals surface area contributed by atoms with Gasteiger partial charge in [0.15, 0.2) is 0 Å². The zero-order valence-electron chi connectivity index (χ0n) is 20.9. The predicted molar refractivity (Wildman–Crippen MR) is 144 cm³/mol. The molecule has 0 aromatic heterocycles. The summed E-state index contributed by atoms with van der Waals surface area (Å²) in [4.78, 5) is 56.8. The molecule has 0 radical (unpaired) electrons. The standard InChI is InChI=1S/C30H26N4O4/c1-32(16-17-34-29(37)23-12-4-8-20-9-5-13-24(26(20)23)30(34)38)18-31-14-15-33-27(35)21-10-2-6-19-7-3-11-22(25(19)21)28(33)36/h2-13,31H,14-18H2,1H3. The van der Waals surface area contributed by atoms with Crippen LogP contribution in [0, 0.1) is 0 Å². The molecule has 2 aliphatic rings. The van der Waals surface area contributed by atoms with Crippen molar-refractivity contribution in [2.45, 2.75) is 0 Å². The Hall–Kier alpha value is -4.40. The van der Waals surface area contributed by atoms with Gasteiger partial charge in [-0.15, -0.1) is 0 Å². The normalized spacial score (nSPS) is 14.9. The Bertz CT molecular complexity index is 1540. The second-order valence-corrected chi connectivity index (χ2v) is 9.68. The molecule has 0 saturated heterocycles. The van der Waals surface area contributed by atoms with Crippen LogP contribution in [0.1, 0.15) is 41.4 Å². The van der Waals surface area contributed by atoms with Crippen molar-refractivity contribution < 1.29 is 19.2 Å². The van der Waals surface area contributed by atoms with E-state index >= 15 is 0 Å². The maximum Gasteiger partial charge on any atom is 0.261 e. The molecule has 0 spiro atoms. The molecule has 8 nitrogen and oxygen atoms in total. The van der Waals surface area contributed by atoms with Crippen molar-refractivity contribution in [3.63, 3.8) is 0 Å². The number of nitrogens with one attached hydrogen (secondary N) is 1. The largest absolute Gasteiger partial charge is 0.303 e. The minimum absolute atomic E-state index is 0.236. The van der Waals surface area contributed by atoms with Gasteiger partial charge in [-0.25, -0.2) is 0 Å². The number of imide groups is 2. The second-order valence-electron chi connectivity index (χ2n) is 9.68. The summed E-state index contributed by atoms with van der Waals surface area (Å²) in [5.74, 6) is -1.13. The summed E-state index contributed by atoms with van der Waals surface area (Å²) < 4.78 is 0. The molecule has 0 bridgehead atoms. The minimum Gasteiger partial charge on any atom is -0.303 e. The minimum atomic E-state index is -0.285. The van der Waals surface area contributed by atoms with Crippen LogP contribution in [0.2, 0.25) is 0 Å². The van der Waals surface area contributed by atoms with Crippen molar-refractivity contribution in [1.82, 2.24) is 20.0 Å². The third-order valence-corrected chi connectivity index (χ3v) is 7.31. The molecular formula is C30H26N4O4. The topological polar surface area (TPSA) is 90.0 Å². The molecular weight excluding hydrogens is 480 g/mol. The molecule has 0 aliphatic carbocycles. The van der Waals surface area contributed by atoms with Gasteiger partial charge in [0.2, 0.25) is 0 Å². The highest BCUT2D eigenvalue weighted by molar-refractivity contribution is 6.26. The number of nitrogens with zero attached hydrogens (tertiary/aromatic N) is 3. The molecule has 6 rings (SSSR count). The Morgan fingerprint density at radius 2 is 1.00 bits per heavy atom. The molecule has 2 aliphatic heterocycles. The summed E-state index contributed by atoms with van der Waals surface area (Å²) in [5.41, 5.74) is 2.18. The smallest absolute Gasteiger partial charge is 0.261 e. The second kappa shape index (κ2) is 9.48. The molecule has 8 heteroatoms. The Labute approximate surface area is 219 Å². The summed E-state index contributed by atoms with van der Waals surface area (Å²) in [7, 11) is 1.88. The Morgan fingerprint density at radius 3 is 1.42 bits per heavy atom. The van der Waals surface area contributed by atoms with Crippen LogP contribution in [0.25, 0.3) is 21.5 Å². The number of rotatable bonds is 8. The number of carbonyl (C=O) groups excluding carboxylic acids is 4. The first-order chi connectivity index (χ1) is 18.5. The summed E-state index contributed by atoms with van der Waals surface area (Å²) in [5, 5.41) is 6.46. The number of likely N-dealkylation sites (N-methyl/N-ethyl adjacent to an activating group) is 1. The lowest BCUT2D eigenvalue weighted by Gasteiger charge is -2.29. The average molecular weight is 507 g/mol. The Kier molecular flexibility index (Phi) is 5.98. The van der Waals surface area contributed by atoms with Crippen LogP contribution in [-0.2, 0) is 0 Å². The van der Waals surface area contributed by atoms with E-state index in [9.17, 15) is 19.2 Å². The predicted octanol–water partition coefficient (Wildman–Crippen LogP) is 3.36. The molecule has 0 fully saturated rings. The van der Waals surface area contributed by atoms with Crippen molar-refractivity contribution >= 4 is 45.2 Å². The lowest BCUT2D eigenvalue weighted by molar-refractivity contribution is 0.0593. The Morgan fingerprint density at radius 1 is 0.605 bits per heavy atom. The van der Waals surface area contributed by atoms with Crippen LogP contribution in [0.5, 0.6) is 0 Å². The summed E-state index contributed by atoms with van der Waals surface area (Å²) in [6, 6.07) is 22.0. The van der Waals surface area contributed by atoms with Gasteiger partial charge in [0.1, 0.15) is 0 Å². The highest BCUT2D eigenvalue weighted by Crippen LogP contribution is 2.31. The third kappa shape index (κ3) is 3.86. The quantitative estimate of drug-likeness (QED) is 0.224. The van der Waals surface area contributed by atoms with Gasteiger partial charge in [0.05, 0.1) is 0 Å². The first kappa shape index (κ1) is 24.0. The number of hydrogen-bond donors (Lipinski definition) is 1. The van der Waals surface area contributed by atoms with E-state index in [0.29, 0.717) is 42.0 Å². The number of hydrogen-bond acceptors (Lipinski definition) is 6. The van der Waals surface area contributed by atoms with E-state index in [1.807, 2.05) is 60.5 Å². The van der Waals surface area contributed by atoms with Crippen molar-refractivity contribution in [3.05, 3.63) is 95.1 Å². The van der Waals surface area contributed by atoms with Crippen molar-refractivity contribution in [1.29, 1.82) is 0 Å². The zero-order chi connectivity index (χ0) is 26.4. The molecule has 4 amide bonds. The number of amides is 4. The van der Waals surface area contributed by atoms with Crippen LogP contribution in [-0.4, -0.2) is 78.2 Å². The highest BCUT2D eigenvalue weighted by atomic mass is 16.2. The first-order valence-electron chi connectivity index (χ1n) is 12.6. The van der Waals surface area contributed by atoms with Crippen LogP contribution >= 0.6 is 0 Å². The van der Waals surface area contributed by atoms with Gasteiger partial charge in [-0.3, -0.25) is 33.9 Å². The van der Waals surface area contributed by atoms with E-state index in [2.05, 4.69) is 5.32 Å². The van der Waals surface area contributed by atoms with E-state index in [-0.39, 0.29) is 36.7 Å². The van der Waals surface area contributed by atoms with E-state index < -0.39 is 0 Å². The monoisotopic (exact) mass is 506 g/mol. The van der Waals surface area contributed by atoms with Crippen LogP contribution in [0.4, 0.5) is 0 Å². The van der Waals surface area contributed by atoms with Gasteiger partial charge in [0, 0.05) is 65.9 Å². The molecule has 0 atom stereocenters. The molecule has 0 unspecified atom stereocenters. The van der Waals surface area contributed by atoms with E-state index in [4.69, 9.17) is 0 Å². The molecule has 1 N–H and O–H groups in total. The van der Waals surface area contributed by atoms with Gasteiger partial charge in [0.25, 0.3) is 23.6 Å².